The van der Waals surface area contributed by atoms with E-state index >= 15 is 0 Å². The molecule has 0 saturated heterocycles. The lowest BCUT2D eigenvalue weighted by Gasteiger charge is -2.17. The fraction of sp³-hybridized carbons (Fsp3) is 0.429. The van der Waals surface area contributed by atoms with Crippen LogP contribution < -0.4 is 0 Å². The number of hydrogen-bond donors (Lipinski definition) is 0. The summed E-state index contributed by atoms with van der Waals surface area (Å²) in [4.78, 5) is 0. The van der Waals surface area contributed by atoms with E-state index in [2.05, 4.69) is 34.1 Å². The van der Waals surface area contributed by atoms with Crippen LogP contribution in [0, 0.1) is 0 Å². The highest BCUT2D eigenvalue weighted by atomic mass is 79.9. The van der Waals surface area contributed by atoms with Crippen LogP contribution in [0.4, 0.5) is 0 Å². The summed E-state index contributed by atoms with van der Waals surface area (Å²) in [5, 5.41) is 0. The lowest BCUT2D eigenvalue weighted by molar-refractivity contribution is 0.222. The van der Waals surface area contributed by atoms with E-state index in [0.29, 0.717) is 19.4 Å². The van der Waals surface area contributed by atoms with Crippen molar-refractivity contribution >= 4 is 29.6 Å². The molecule has 19 heavy (non-hydrogen) atoms. The standard InChI is InChI=1S/C14H18BrO3P/c1-3-17-19(16,18-4-2)10-11-7-12-5-6-14(15)9-13(12)8-11/h5-7,9H,3-4,8,10H2,1-2H3. The van der Waals surface area contributed by atoms with Crippen LogP contribution >= 0.6 is 23.5 Å². The molecule has 0 N–H and O–H groups in total. The van der Waals surface area contributed by atoms with Gasteiger partial charge in [0.15, 0.2) is 0 Å². The van der Waals surface area contributed by atoms with Gasteiger partial charge in [-0.2, -0.15) is 0 Å². The minimum atomic E-state index is -2.99. The number of halogens is 1. The van der Waals surface area contributed by atoms with E-state index in [0.717, 1.165) is 16.5 Å². The Bertz CT molecular complexity index is 529. The van der Waals surface area contributed by atoms with Gasteiger partial charge in [0.05, 0.1) is 19.4 Å². The fourth-order valence-electron chi connectivity index (χ4n) is 2.26. The zero-order chi connectivity index (χ0) is 13.9. The van der Waals surface area contributed by atoms with Crippen molar-refractivity contribution in [2.45, 2.75) is 20.3 Å². The predicted octanol–water partition coefficient (Wildman–Crippen LogP) is 4.65. The summed E-state index contributed by atoms with van der Waals surface area (Å²) in [5.41, 5.74) is 3.56. The molecular formula is C14H18BrO3P. The largest absolute Gasteiger partial charge is 0.334 e. The van der Waals surface area contributed by atoms with E-state index < -0.39 is 7.60 Å². The quantitative estimate of drug-likeness (QED) is 0.704. The lowest BCUT2D eigenvalue weighted by atomic mass is 10.1. The number of fused-ring (bicyclic) bond motifs is 1. The maximum Gasteiger partial charge on any atom is 0.334 e. The van der Waals surface area contributed by atoms with Crippen molar-refractivity contribution in [2.75, 3.05) is 19.4 Å². The summed E-state index contributed by atoms with van der Waals surface area (Å²) in [6.45, 7) is 4.48. The van der Waals surface area contributed by atoms with Gasteiger partial charge < -0.3 is 9.05 Å². The highest BCUT2D eigenvalue weighted by Gasteiger charge is 2.27. The molecule has 3 nitrogen and oxygen atoms in total. The molecule has 0 saturated carbocycles. The topological polar surface area (TPSA) is 35.5 Å². The molecule has 1 aromatic carbocycles. The first-order valence-electron chi connectivity index (χ1n) is 6.42. The molecule has 1 aromatic rings. The van der Waals surface area contributed by atoms with Gasteiger partial charge in [0.2, 0.25) is 0 Å². The summed E-state index contributed by atoms with van der Waals surface area (Å²) in [6.07, 6.45) is 3.28. The van der Waals surface area contributed by atoms with E-state index in [1.807, 2.05) is 19.9 Å². The molecule has 0 amide bonds. The van der Waals surface area contributed by atoms with E-state index in [-0.39, 0.29) is 0 Å². The average Bonchev–Trinajstić information content (AvgIpc) is 2.70. The molecule has 0 fully saturated rings. The highest BCUT2D eigenvalue weighted by molar-refractivity contribution is 9.10. The summed E-state index contributed by atoms with van der Waals surface area (Å²) in [5.74, 6) is 0. The molecule has 0 spiro atoms. The van der Waals surface area contributed by atoms with E-state index in [1.165, 1.54) is 11.1 Å². The van der Waals surface area contributed by atoms with Gasteiger partial charge in [-0.05, 0) is 43.5 Å². The minimum absolute atomic E-state index is 0.376. The smallest absolute Gasteiger partial charge is 0.309 e. The lowest BCUT2D eigenvalue weighted by Crippen LogP contribution is -2.02. The van der Waals surface area contributed by atoms with Crippen molar-refractivity contribution in [3.63, 3.8) is 0 Å². The molecular weight excluding hydrogens is 327 g/mol. The second kappa shape index (κ2) is 6.36. The minimum Gasteiger partial charge on any atom is -0.309 e. The molecule has 0 atom stereocenters. The molecule has 5 heteroatoms. The fourth-order valence-corrected chi connectivity index (χ4v) is 4.41. The van der Waals surface area contributed by atoms with Gasteiger partial charge >= 0.3 is 7.60 Å². The number of rotatable bonds is 6. The van der Waals surface area contributed by atoms with Gasteiger partial charge in [-0.25, -0.2) is 0 Å². The van der Waals surface area contributed by atoms with E-state index in [1.54, 1.807) is 0 Å². The summed E-state index contributed by atoms with van der Waals surface area (Å²) >= 11 is 3.47. The van der Waals surface area contributed by atoms with Crippen LogP contribution in [0.25, 0.3) is 6.08 Å². The Balaban J connectivity index is 2.11. The molecule has 2 rings (SSSR count). The number of allylic oxidation sites excluding steroid dienone is 1. The Morgan fingerprint density at radius 1 is 1.26 bits per heavy atom. The monoisotopic (exact) mass is 344 g/mol. The Hall–Kier alpha value is -0.410. The second-order valence-electron chi connectivity index (χ2n) is 4.43. The molecule has 1 aliphatic rings. The van der Waals surface area contributed by atoms with Crippen molar-refractivity contribution in [3.05, 3.63) is 39.4 Å². The van der Waals surface area contributed by atoms with Crippen LogP contribution in [0.1, 0.15) is 25.0 Å². The van der Waals surface area contributed by atoms with Crippen LogP contribution in [0.15, 0.2) is 28.2 Å². The number of hydrogen-bond acceptors (Lipinski definition) is 3. The normalized spacial score (nSPS) is 14.4. The molecule has 0 heterocycles. The molecule has 0 bridgehead atoms. The molecule has 0 unspecified atom stereocenters. The first-order chi connectivity index (χ1) is 9.06. The van der Waals surface area contributed by atoms with Gasteiger partial charge in [-0.1, -0.05) is 33.6 Å². The SMILES string of the molecule is CCOP(=O)(CC1=Cc2ccc(Br)cc2C1)OCC. The van der Waals surface area contributed by atoms with E-state index in [9.17, 15) is 4.57 Å². The van der Waals surface area contributed by atoms with Crippen molar-refractivity contribution < 1.29 is 13.6 Å². The molecule has 0 aromatic heterocycles. The summed E-state index contributed by atoms with van der Waals surface area (Å²) in [6, 6.07) is 6.19. The Morgan fingerprint density at radius 2 is 1.95 bits per heavy atom. The third kappa shape index (κ3) is 3.79. The van der Waals surface area contributed by atoms with Crippen LogP contribution in [0.2, 0.25) is 0 Å². The van der Waals surface area contributed by atoms with Gasteiger partial charge in [-0.15, -0.1) is 0 Å². The number of benzene rings is 1. The zero-order valence-corrected chi connectivity index (χ0v) is 13.7. The van der Waals surface area contributed by atoms with Crippen molar-refractivity contribution in [1.29, 1.82) is 0 Å². The maximum atomic E-state index is 12.5. The molecule has 1 aliphatic carbocycles. The van der Waals surface area contributed by atoms with Gasteiger partial charge in [0.25, 0.3) is 0 Å². The van der Waals surface area contributed by atoms with Crippen LogP contribution in [-0.4, -0.2) is 19.4 Å². The molecule has 104 valence electrons. The van der Waals surface area contributed by atoms with Crippen molar-refractivity contribution in [3.8, 4) is 0 Å². The Kier molecular flexibility index (Phi) is 5.02. The third-order valence-electron chi connectivity index (χ3n) is 2.93. The van der Waals surface area contributed by atoms with Gasteiger partial charge in [0.1, 0.15) is 0 Å². The third-order valence-corrected chi connectivity index (χ3v) is 5.52. The Labute approximate surface area is 122 Å². The first kappa shape index (κ1) is 15.0. The Morgan fingerprint density at radius 3 is 2.58 bits per heavy atom. The van der Waals surface area contributed by atoms with Crippen LogP contribution in [-0.2, 0) is 20.0 Å². The highest BCUT2D eigenvalue weighted by Crippen LogP contribution is 2.50. The second-order valence-corrected chi connectivity index (χ2v) is 7.40. The summed E-state index contributed by atoms with van der Waals surface area (Å²) < 4.78 is 24.2. The van der Waals surface area contributed by atoms with E-state index in [4.69, 9.17) is 9.05 Å². The average molecular weight is 345 g/mol. The first-order valence-corrected chi connectivity index (χ1v) is 8.94. The van der Waals surface area contributed by atoms with Crippen LogP contribution in [0.3, 0.4) is 0 Å². The van der Waals surface area contributed by atoms with Crippen molar-refractivity contribution in [1.82, 2.24) is 0 Å². The summed E-state index contributed by atoms with van der Waals surface area (Å²) in [7, 11) is -2.99. The van der Waals surface area contributed by atoms with Crippen molar-refractivity contribution in [2.24, 2.45) is 0 Å². The molecule has 0 radical (unpaired) electrons. The van der Waals surface area contributed by atoms with Crippen LogP contribution in [0.5, 0.6) is 0 Å². The molecule has 0 aliphatic heterocycles. The maximum absolute atomic E-state index is 12.5. The zero-order valence-electron chi connectivity index (χ0n) is 11.2. The predicted molar refractivity (Wildman–Crippen MR) is 81.5 cm³/mol. The van der Waals surface area contributed by atoms with Gasteiger partial charge in [0, 0.05) is 4.47 Å². The van der Waals surface area contributed by atoms with Gasteiger partial charge in [-0.3, -0.25) is 4.57 Å².